The van der Waals surface area contributed by atoms with Crippen LogP contribution in [0, 0.1) is 6.92 Å². The van der Waals surface area contributed by atoms with E-state index in [0.717, 1.165) is 35.2 Å². The zero-order chi connectivity index (χ0) is 22.9. The summed E-state index contributed by atoms with van der Waals surface area (Å²) in [6, 6.07) is 15.6. The molecule has 0 fully saturated rings. The third-order valence-electron chi connectivity index (χ3n) is 6.07. The fraction of sp³-hybridized carbons (Fsp3) is 0.308. The van der Waals surface area contributed by atoms with Gasteiger partial charge in [0.15, 0.2) is 5.82 Å². The molecule has 0 bridgehead atoms. The normalized spacial score (nSPS) is 15.0. The summed E-state index contributed by atoms with van der Waals surface area (Å²) in [4.78, 5) is 33.7. The van der Waals surface area contributed by atoms with Gasteiger partial charge in [0.2, 0.25) is 4.96 Å². The number of anilines is 1. The molecule has 2 aromatic heterocycles. The highest BCUT2D eigenvalue weighted by Gasteiger charge is 2.33. The first kappa shape index (κ1) is 21.5. The van der Waals surface area contributed by atoms with Crippen molar-refractivity contribution in [2.75, 3.05) is 11.4 Å². The Balaban J connectivity index is 1.55. The largest absolute Gasteiger partial charge is 0.308 e. The number of benzene rings is 2. The van der Waals surface area contributed by atoms with Gasteiger partial charge in [-0.1, -0.05) is 85.9 Å². The molecule has 0 unspecified atom stereocenters. The fourth-order valence-corrected chi connectivity index (χ4v) is 5.38. The predicted molar refractivity (Wildman–Crippen MR) is 133 cm³/mol. The number of para-hydroxylation sites is 1. The number of aryl methyl sites for hydroxylation is 1. The number of nitrogens with zero attached hydrogens (tertiary/aromatic N) is 4. The van der Waals surface area contributed by atoms with Gasteiger partial charge >= 0.3 is 0 Å². The van der Waals surface area contributed by atoms with E-state index in [2.05, 4.69) is 17.0 Å². The Morgan fingerprint density at radius 3 is 2.58 bits per heavy atom. The predicted octanol–water partition coefficient (Wildman–Crippen LogP) is 4.36. The van der Waals surface area contributed by atoms with Crippen LogP contribution >= 0.6 is 11.3 Å². The van der Waals surface area contributed by atoms with E-state index in [4.69, 9.17) is 0 Å². The molecule has 1 aliphatic heterocycles. The molecule has 0 aliphatic carbocycles. The van der Waals surface area contributed by atoms with Crippen LogP contribution in [0.5, 0.6) is 0 Å². The topological polar surface area (TPSA) is 67.6 Å². The second-order valence-electron chi connectivity index (χ2n) is 8.50. The van der Waals surface area contributed by atoms with E-state index in [0.29, 0.717) is 27.4 Å². The lowest BCUT2D eigenvalue weighted by Crippen LogP contribution is -2.33. The molecule has 3 heterocycles. The van der Waals surface area contributed by atoms with Crippen LogP contribution in [0.4, 0.5) is 5.69 Å². The number of aromatic nitrogens is 3. The molecular weight excluding hydrogens is 432 g/mol. The van der Waals surface area contributed by atoms with Gasteiger partial charge in [-0.05, 0) is 25.5 Å². The molecular formula is C26H26N4O2S. The minimum atomic E-state index is -0.288. The van der Waals surface area contributed by atoms with Gasteiger partial charge in [-0.25, -0.2) is 0 Å². The van der Waals surface area contributed by atoms with Crippen LogP contribution in [0.25, 0.3) is 21.9 Å². The summed E-state index contributed by atoms with van der Waals surface area (Å²) in [5.74, 6) is 0.414. The number of rotatable bonds is 7. The molecule has 0 saturated heterocycles. The number of fused-ring (bicyclic) bond motifs is 2. The number of carbonyl (C=O) groups excluding carboxylic acids is 1. The summed E-state index contributed by atoms with van der Waals surface area (Å²) in [6.07, 6.45) is 5.63. The highest BCUT2D eigenvalue weighted by molar-refractivity contribution is 7.15. The van der Waals surface area contributed by atoms with Crippen LogP contribution in [0.3, 0.4) is 0 Å². The quantitative estimate of drug-likeness (QED) is 0.386. The van der Waals surface area contributed by atoms with Crippen molar-refractivity contribution in [3.63, 3.8) is 0 Å². The summed E-state index contributed by atoms with van der Waals surface area (Å²) in [6.45, 7) is 4.86. The molecule has 5 rings (SSSR count). The highest BCUT2D eigenvalue weighted by atomic mass is 32.1. The van der Waals surface area contributed by atoms with Crippen LogP contribution < -0.4 is 15.0 Å². The Morgan fingerprint density at radius 2 is 1.79 bits per heavy atom. The SMILES string of the molecule is CCCCCCCN1C(=O)C(=c2sc3nc(-c4cccc(C)c4)nn3c2=O)c2ccccc21. The Morgan fingerprint density at radius 1 is 0.970 bits per heavy atom. The van der Waals surface area contributed by atoms with Gasteiger partial charge in [0.25, 0.3) is 11.5 Å². The maximum atomic E-state index is 13.5. The number of thiazole rings is 1. The second-order valence-corrected chi connectivity index (χ2v) is 9.48. The lowest BCUT2D eigenvalue weighted by Gasteiger charge is -2.16. The molecule has 6 nitrogen and oxygen atoms in total. The van der Waals surface area contributed by atoms with Crippen LogP contribution in [0.2, 0.25) is 0 Å². The van der Waals surface area contributed by atoms with E-state index in [1.165, 1.54) is 35.1 Å². The third-order valence-corrected chi connectivity index (χ3v) is 7.10. The van der Waals surface area contributed by atoms with Crippen molar-refractivity contribution >= 4 is 33.5 Å². The minimum absolute atomic E-state index is 0.104. The maximum Gasteiger partial charge on any atom is 0.291 e. The number of hydrogen-bond donors (Lipinski definition) is 0. The van der Waals surface area contributed by atoms with Crippen molar-refractivity contribution in [2.24, 2.45) is 0 Å². The van der Waals surface area contributed by atoms with Crippen molar-refractivity contribution in [1.29, 1.82) is 0 Å². The fourth-order valence-electron chi connectivity index (χ4n) is 4.39. The number of amides is 1. The second kappa shape index (κ2) is 8.90. The van der Waals surface area contributed by atoms with Crippen LogP contribution in [-0.4, -0.2) is 27.0 Å². The van der Waals surface area contributed by atoms with E-state index in [9.17, 15) is 9.59 Å². The van der Waals surface area contributed by atoms with Gasteiger partial charge in [0, 0.05) is 17.7 Å². The van der Waals surface area contributed by atoms with Crippen molar-refractivity contribution in [3.8, 4) is 11.4 Å². The van der Waals surface area contributed by atoms with Gasteiger partial charge in [-0.2, -0.15) is 9.50 Å². The summed E-state index contributed by atoms with van der Waals surface area (Å²) in [7, 11) is 0. The average Bonchev–Trinajstić information content (AvgIpc) is 3.45. The van der Waals surface area contributed by atoms with Crippen molar-refractivity contribution < 1.29 is 4.79 Å². The monoisotopic (exact) mass is 458 g/mol. The van der Waals surface area contributed by atoms with E-state index in [1.807, 2.05) is 60.4 Å². The smallest absolute Gasteiger partial charge is 0.291 e. The molecule has 0 radical (unpaired) electrons. The molecule has 0 atom stereocenters. The lowest BCUT2D eigenvalue weighted by molar-refractivity contribution is -0.113. The molecule has 0 N–H and O–H groups in total. The van der Waals surface area contributed by atoms with Crippen LogP contribution in [0.15, 0.2) is 53.3 Å². The van der Waals surface area contributed by atoms with Crippen molar-refractivity contribution in [2.45, 2.75) is 46.0 Å². The molecule has 7 heteroatoms. The lowest BCUT2D eigenvalue weighted by atomic mass is 10.1. The van der Waals surface area contributed by atoms with Gasteiger partial charge in [0.05, 0.1) is 11.3 Å². The summed E-state index contributed by atoms with van der Waals surface area (Å²) >= 11 is 1.24. The molecule has 1 aliphatic rings. The number of hydrogen-bond acceptors (Lipinski definition) is 5. The molecule has 168 valence electrons. The third kappa shape index (κ3) is 3.86. The first-order valence-electron chi connectivity index (χ1n) is 11.5. The van der Waals surface area contributed by atoms with Gasteiger partial charge < -0.3 is 4.90 Å². The zero-order valence-electron chi connectivity index (χ0n) is 18.9. The Kier molecular flexibility index (Phi) is 5.81. The average molecular weight is 459 g/mol. The molecule has 1 amide bonds. The van der Waals surface area contributed by atoms with Crippen molar-refractivity contribution in [1.82, 2.24) is 14.6 Å². The van der Waals surface area contributed by atoms with Gasteiger partial charge in [-0.15, -0.1) is 5.10 Å². The molecule has 0 spiro atoms. The summed E-state index contributed by atoms with van der Waals surface area (Å²) in [5.41, 5.74) is 3.86. The Labute approximate surface area is 196 Å². The van der Waals surface area contributed by atoms with Crippen molar-refractivity contribution in [3.05, 3.63) is 74.5 Å². The van der Waals surface area contributed by atoms with Crippen LogP contribution in [-0.2, 0) is 4.79 Å². The molecule has 2 aromatic carbocycles. The van der Waals surface area contributed by atoms with Gasteiger partial charge in [0.1, 0.15) is 4.53 Å². The zero-order valence-corrected chi connectivity index (χ0v) is 19.7. The minimum Gasteiger partial charge on any atom is -0.308 e. The van der Waals surface area contributed by atoms with E-state index in [-0.39, 0.29) is 11.5 Å². The Hall–Kier alpha value is -3.32. The first-order valence-corrected chi connectivity index (χ1v) is 12.3. The molecule has 4 aromatic rings. The molecule has 0 saturated carbocycles. The summed E-state index contributed by atoms with van der Waals surface area (Å²) in [5, 5.41) is 4.46. The van der Waals surface area contributed by atoms with E-state index >= 15 is 0 Å². The molecule has 33 heavy (non-hydrogen) atoms. The number of carbonyl (C=O) groups is 1. The van der Waals surface area contributed by atoms with E-state index < -0.39 is 0 Å². The van der Waals surface area contributed by atoms with E-state index in [1.54, 1.807) is 0 Å². The highest BCUT2D eigenvalue weighted by Crippen LogP contribution is 2.35. The summed E-state index contributed by atoms with van der Waals surface area (Å²) < 4.78 is 1.74. The number of unbranched alkanes of at least 4 members (excludes halogenated alkanes) is 4. The standard InChI is InChI=1S/C26H26N4O2S/c1-3-4-5-6-9-15-29-20-14-8-7-13-19(20)21(24(29)31)22-25(32)30-26(33-22)27-23(28-30)18-12-10-11-17(2)16-18/h7-8,10-14,16H,3-6,9,15H2,1-2H3. The first-order chi connectivity index (χ1) is 16.1. The van der Waals surface area contributed by atoms with Gasteiger partial charge in [-0.3, -0.25) is 9.59 Å². The Bertz CT molecular complexity index is 1450. The maximum absolute atomic E-state index is 13.5. The van der Waals surface area contributed by atoms with Crippen LogP contribution in [0.1, 0.15) is 50.2 Å².